The Labute approximate surface area is 312 Å². The summed E-state index contributed by atoms with van der Waals surface area (Å²) in [5.74, 6) is 0. The molecule has 2 heterocycles. The van der Waals surface area contributed by atoms with Crippen molar-refractivity contribution in [1.29, 1.82) is 0 Å². The summed E-state index contributed by atoms with van der Waals surface area (Å²) in [5, 5.41) is 2.61. The average molecular weight is 639 g/mol. The number of rotatable bonds is 4. The molecule has 0 spiro atoms. The van der Waals surface area contributed by atoms with Crippen molar-refractivity contribution in [2.24, 2.45) is 0 Å². The van der Waals surface area contributed by atoms with Crippen LogP contribution in [0.25, 0.3) is 77.2 Å². The molecule has 0 aliphatic rings. The lowest BCUT2D eigenvalue weighted by Crippen LogP contribution is -2.31. The number of hydrogen-bond donors (Lipinski definition) is 0. The molecule has 0 amide bonds. The first-order valence-electron chi connectivity index (χ1n) is 16.8. The van der Waals surface area contributed by atoms with Crippen molar-refractivity contribution >= 4 is 150 Å². The highest BCUT2D eigenvalue weighted by molar-refractivity contribution is 6.65. The van der Waals surface area contributed by atoms with Gasteiger partial charge in [-0.1, -0.05) is 130 Å². The number of fused-ring (bicyclic) bond motifs is 7. The Morgan fingerprint density at radius 2 is 0.615 bits per heavy atom. The Kier molecular flexibility index (Phi) is 7.59. The summed E-state index contributed by atoms with van der Waals surface area (Å²) in [6.45, 7) is 0. The van der Waals surface area contributed by atoms with Gasteiger partial charge in [0.2, 0.25) is 0 Å². The molecule has 10 heteroatoms. The third-order valence-corrected chi connectivity index (χ3v) is 10.2. The van der Waals surface area contributed by atoms with E-state index in [-0.39, 0.29) is 0 Å². The van der Waals surface area contributed by atoms with E-state index in [1.165, 1.54) is 0 Å². The highest BCUT2D eigenvalue weighted by atomic mass is 15.0. The fraction of sp³-hybridized carbons (Fsp3) is 0. The fourth-order valence-electron chi connectivity index (χ4n) is 7.77. The summed E-state index contributed by atoms with van der Waals surface area (Å²) >= 11 is 0. The molecule has 222 valence electrons. The second-order valence-electron chi connectivity index (χ2n) is 13.2. The molecule has 16 radical (unpaired) electrons. The van der Waals surface area contributed by atoms with Gasteiger partial charge in [0.05, 0.1) is 0 Å². The molecule has 9 aromatic rings. The van der Waals surface area contributed by atoms with Crippen LogP contribution in [-0.2, 0) is 0 Å². The number of aromatic nitrogens is 2. The molecule has 0 aliphatic carbocycles. The van der Waals surface area contributed by atoms with Crippen molar-refractivity contribution < 1.29 is 0 Å². The van der Waals surface area contributed by atoms with Gasteiger partial charge in [-0.2, -0.15) is 0 Å². The third-order valence-electron chi connectivity index (χ3n) is 10.2. The lowest BCUT2D eigenvalue weighted by atomic mass is 9.72. The van der Waals surface area contributed by atoms with E-state index in [1.807, 2.05) is 69.8 Å². The molecule has 0 fully saturated rings. The van der Waals surface area contributed by atoms with Crippen molar-refractivity contribution in [2.75, 3.05) is 0 Å². The van der Waals surface area contributed by atoms with Crippen LogP contribution in [0.3, 0.4) is 0 Å². The van der Waals surface area contributed by atoms with Crippen LogP contribution >= 0.6 is 0 Å². The number of benzene rings is 7. The van der Waals surface area contributed by atoms with Gasteiger partial charge in [0.15, 0.2) is 0 Å². The lowest BCUT2D eigenvalue weighted by molar-refractivity contribution is 1.18. The molecule has 0 N–H and O–H groups in total. The second-order valence-corrected chi connectivity index (χ2v) is 13.2. The minimum atomic E-state index is 0.332. The van der Waals surface area contributed by atoms with Crippen LogP contribution in [0.2, 0.25) is 0 Å². The van der Waals surface area contributed by atoms with Crippen molar-refractivity contribution in [2.45, 2.75) is 0 Å². The predicted octanol–water partition coefficient (Wildman–Crippen LogP) is 1.57. The van der Waals surface area contributed by atoms with Gasteiger partial charge >= 0.3 is 0 Å². The SMILES string of the molecule is [B]c1cc([B])c2c(c1[B])c1c3c4c([B])c([B])cc([B])c4n(-c4ccc(-c5ccccc5)cc4)c3c([B])c([B])c1n2-c1ccc(-c2ccccc2)cc1. The Morgan fingerprint density at radius 3 is 0.962 bits per heavy atom. The van der Waals surface area contributed by atoms with Gasteiger partial charge in [0.25, 0.3) is 0 Å². The van der Waals surface area contributed by atoms with Crippen LogP contribution in [0.1, 0.15) is 0 Å². The highest BCUT2D eigenvalue weighted by Crippen LogP contribution is 2.39. The van der Waals surface area contributed by atoms with E-state index in [0.717, 1.165) is 33.6 Å². The van der Waals surface area contributed by atoms with Gasteiger partial charge in [0, 0.05) is 55.0 Å². The normalized spacial score (nSPS) is 11.7. The lowest BCUT2D eigenvalue weighted by Gasteiger charge is -2.17. The Morgan fingerprint density at radius 1 is 0.288 bits per heavy atom. The second kappa shape index (κ2) is 12.1. The van der Waals surface area contributed by atoms with Crippen LogP contribution in [-0.4, -0.2) is 71.9 Å². The molecule has 2 nitrogen and oxygen atoms in total. The van der Waals surface area contributed by atoms with E-state index in [0.29, 0.717) is 87.3 Å². The van der Waals surface area contributed by atoms with Crippen LogP contribution in [0, 0.1) is 0 Å². The minimum absolute atomic E-state index is 0.332. The van der Waals surface area contributed by atoms with E-state index in [4.69, 9.17) is 62.8 Å². The summed E-state index contributed by atoms with van der Waals surface area (Å²) in [7, 11) is 54.9. The largest absolute Gasteiger partial charge is 0.310 e. The quantitative estimate of drug-likeness (QED) is 0.259. The van der Waals surface area contributed by atoms with E-state index in [1.54, 1.807) is 12.1 Å². The smallest absolute Gasteiger partial charge is 0.116 e. The van der Waals surface area contributed by atoms with Crippen molar-refractivity contribution in [1.82, 2.24) is 9.13 Å². The highest BCUT2D eigenvalue weighted by Gasteiger charge is 2.27. The first kappa shape index (κ1) is 32.6. The molecule has 0 saturated heterocycles. The van der Waals surface area contributed by atoms with Crippen molar-refractivity contribution in [3.8, 4) is 33.6 Å². The zero-order valence-corrected chi connectivity index (χ0v) is 28.1. The van der Waals surface area contributed by atoms with Crippen LogP contribution in [0.5, 0.6) is 0 Å². The van der Waals surface area contributed by atoms with Gasteiger partial charge in [-0.25, -0.2) is 0 Å². The summed E-state index contributed by atoms with van der Waals surface area (Å²) in [6, 6.07) is 40.0. The average Bonchev–Trinajstić information content (AvgIpc) is 3.72. The van der Waals surface area contributed by atoms with Gasteiger partial charge in [0.1, 0.15) is 62.8 Å². The molecular formula is C42H20B8N2. The Bertz CT molecular complexity index is 2700. The molecule has 0 atom stereocenters. The van der Waals surface area contributed by atoms with Gasteiger partial charge in [-0.05, 0) is 46.5 Å². The fourth-order valence-corrected chi connectivity index (χ4v) is 7.77. The number of nitrogens with zero attached hydrogens (tertiary/aromatic N) is 2. The van der Waals surface area contributed by atoms with Crippen molar-refractivity contribution in [3.05, 3.63) is 121 Å². The van der Waals surface area contributed by atoms with Crippen LogP contribution in [0.15, 0.2) is 121 Å². The molecule has 7 aromatic carbocycles. The maximum Gasteiger partial charge on any atom is 0.116 e. The van der Waals surface area contributed by atoms with E-state index in [2.05, 4.69) is 48.5 Å². The monoisotopic (exact) mass is 640 g/mol. The third kappa shape index (κ3) is 4.69. The van der Waals surface area contributed by atoms with E-state index in [9.17, 15) is 0 Å². The molecule has 0 bridgehead atoms. The first-order chi connectivity index (χ1) is 25.2. The molecule has 0 saturated carbocycles. The van der Waals surface area contributed by atoms with Crippen LogP contribution in [0.4, 0.5) is 0 Å². The zero-order chi connectivity index (χ0) is 36.0. The first-order valence-corrected chi connectivity index (χ1v) is 16.8. The van der Waals surface area contributed by atoms with Crippen LogP contribution < -0.4 is 43.7 Å². The zero-order valence-electron chi connectivity index (χ0n) is 28.1. The van der Waals surface area contributed by atoms with Gasteiger partial charge < -0.3 is 9.13 Å². The molecule has 0 unspecified atom stereocenters. The topological polar surface area (TPSA) is 9.86 Å². The Hall–Kier alpha value is -5.34. The van der Waals surface area contributed by atoms with Crippen molar-refractivity contribution in [3.63, 3.8) is 0 Å². The molecule has 2 aromatic heterocycles. The molecule has 52 heavy (non-hydrogen) atoms. The Balaban J connectivity index is 1.45. The summed E-state index contributed by atoms with van der Waals surface area (Å²) in [5.41, 5.74) is 11.2. The van der Waals surface area contributed by atoms with E-state index >= 15 is 0 Å². The van der Waals surface area contributed by atoms with Gasteiger partial charge in [-0.3, -0.25) is 0 Å². The van der Waals surface area contributed by atoms with E-state index < -0.39 is 0 Å². The summed E-state index contributed by atoms with van der Waals surface area (Å²) in [4.78, 5) is 0. The molecule has 9 rings (SSSR count). The summed E-state index contributed by atoms with van der Waals surface area (Å²) in [6.07, 6.45) is 0. The minimum Gasteiger partial charge on any atom is -0.310 e. The predicted molar refractivity (Wildman–Crippen MR) is 229 cm³/mol. The van der Waals surface area contributed by atoms with Gasteiger partial charge in [-0.15, -0.1) is 10.9 Å². The molecule has 0 aliphatic heterocycles. The molecular weight excluding hydrogens is 619 g/mol. The number of hydrogen-bond acceptors (Lipinski definition) is 0. The summed E-state index contributed by atoms with van der Waals surface area (Å²) < 4.78 is 4.00. The maximum atomic E-state index is 7.16. The maximum absolute atomic E-state index is 7.16. The standard InChI is InChI=1S/C42H20B8N2/c43-27-19-29(45)39-33(35(27)47)31-32-34-36(48)28(44)20-30(46)40(34)52(26-17-13-24(14-18-26)22-9-5-2-6-10-22)42(32)38(50)37(49)41(31)51(39)25-15-11-23(12-16-25)21-7-3-1-4-8-21/h1-20H.